The summed E-state index contributed by atoms with van der Waals surface area (Å²) in [5, 5.41) is 0. The van der Waals surface area contributed by atoms with Crippen molar-refractivity contribution in [3.63, 3.8) is 0 Å². The quantitative estimate of drug-likeness (QED) is 0.606. The molecule has 0 saturated carbocycles. The van der Waals surface area contributed by atoms with Crippen molar-refractivity contribution in [1.29, 1.82) is 0 Å². The first-order chi connectivity index (χ1) is 15.6. The van der Waals surface area contributed by atoms with E-state index in [-0.39, 0.29) is 10.8 Å². The molecule has 3 rings (SSSR count). The highest BCUT2D eigenvalue weighted by atomic mass is 32.2. The molecule has 1 saturated heterocycles. The van der Waals surface area contributed by atoms with Crippen LogP contribution < -0.4 is 9.47 Å². The van der Waals surface area contributed by atoms with E-state index < -0.39 is 10.0 Å². The van der Waals surface area contributed by atoms with Crippen molar-refractivity contribution in [2.75, 3.05) is 34.4 Å². The van der Waals surface area contributed by atoms with Crippen LogP contribution in [0.1, 0.15) is 46.8 Å². The molecule has 7 nitrogen and oxygen atoms in total. The Balaban J connectivity index is 1.87. The van der Waals surface area contributed by atoms with Gasteiger partial charge in [0.15, 0.2) is 11.5 Å². The Kier molecular flexibility index (Phi) is 7.69. The molecule has 0 bridgehead atoms. The molecule has 0 aromatic heterocycles. The van der Waals surface area contributed by atoms with Gasteiger partial charge >= 0.3 is 0 Å². The summed E-state index contributed by atoms with van der Waals surface area (Å²) in [5.41, 5.74) is 2.71. The SMILES string of the molecule is COc1ccc(CN(C)C(=O)c2cc(C)c(C)c(S(=O)(=O)N3CCC(C)CC3)c2)cc1OC. The molecule has 1 aliphatic heterocycles. The zero-order valence-corrected chi connectivity index (χ0v) is 21.2. The Morgan fingerprint density at radius 2 is 1.70 bits per heavy atom. The van der Waals surface area contributed by atoms with Crippen LogP contribution >= 0.6 is 0 Å². The number of carbonyl (C=O) groups is 1. The number of rotatable bonds is 7. The topological polar surface area (TPSA) is 76.2 Å². The molecule has 1 aliphatic rings. The van der Waals surface area contributed by atoms with Gasteiger partial charge in [0.2, 0.25) is 10.0 Å². The summed E-state index contributed by atoms with van der Waals surface area (Å²) in [5.74, 6) is 1.49. The third-order valence-electron chi connectivity index (χ3n) is 6.44. The molecule has 2 aromatic carbocycles. The molecule has 0 aliphatic carbocycles. The molecular formula is C25H34N2O5S. The molecule has 0 unspecified atom stereocenters. The molecule has 0 radical (unpaired) electrons. The third kappa shape index (κ3) is 5.33. The molecule has 33 heavy (non-hydrogen) atoms. The number of ether oxygens (including phenoxy) is 2. The highest BCUT2D eigenvalue weighted by Crippen LogP contribution is 2.30. The van der Waals surface area contributed by atoms with E-state index in [0.29, 0.717) is 48.2 Å². The molecule has 180 valence electrons. The van der Waals surface area contributed by atoms with Crippen molar-refractivity contribution in [3.05, 3.63) is 52.6 Å². The van der Waals surface area contributed by atoms with Gasteiger partial charge in [-0.05, 0) is 73.6 Å². The lowest BCUT2D eigenvalue weighted by Gasteiger charge is -2.30. The van der Waals surface area contributed by atoms with Crippen molar-refractivity contribution in [3.8, 4) is 11.5 Å². The second-order valence-electron chi connectivity index (χ2n) is 8.85. The number of sulfonamides is 1. The summed E-state index contributed by atoms with van der Waals surface area (Å²) < 4.78 is 39.0. The first-order valence-electron chi connectivity index (χ1n) is 11.2. The van der Waals surface area contributed by atoms with Gasteiger partial charge in [-0.15, -0.1) is 0 Å². The maximum atomic E-state index is 13.4. The second kappa shape index (κ2) is 10.1. The minimum atomic E-state index is -3.66. The predicted octanol–water partition coefficient (Wildman–Crippen LogP) is 4.01. The van der Waals surface area contributed by atoms with Crippen LogP contribution in [0.5, 0.6) is 11.5 Å². The molecule has 0 atom stereocenters. The summed E-state index contributed by atoms with van der Waals surface area (Å²) in [4.78, 5) is 15.0. The van der Waals surface area contributed by atoms with E-state index >= 15 is 0 Å². The number of piperidine rings is 1. The van der Waals surface area contributed by atoms with Gasteiger partial charge in [0.05, 0.1) is 19.1 Å². The van der Waals surface area contributed by atoms with Gasteiger partial charge in [0.1, 0.15) is 0 Å². The second-order valence-corrected chi connectivity index (χ2v) is 10.8. The minimum absolute atomic E-state index is 0.222. The number of nitrogens with zero attached hydrogens (tertiary/aromatic N) is 2. The fraction of sp³-hybridized carbons (Fsp3) is 0.480. The van der Waals surface area contributed by atoms with Gasteiger partial charge in [0, 0.05) is 32.2 Å². The van der Waals surface area contributed by atoms with Gasteiger partial charge in [0.25, 0.3) is 5.91 Å². The molecule has 1 fully saturated rings. The van der Waals surface area contributed by atoms with E-state index in [9.17, 15) is 13.2 Å². The van der Waals surface area contributed by atoms with E-state index in [0.717, 1.165) is 24.0 Å². The minimum Gasteiger partial charge on any atom is -0.493 e. The summed E-state index contributed by atoms with van der Waals surface area (Å²) in [6, 6.07) is 8.80. The zero-order valence-electron chi connectivity index (χ0n) is 20.3. The van der Waals surface area contributed by atoms with E-state index in [1.165, 1.54) is 6.07 Å². The average Bonchev–Trinajstić information content (AvgIpc) is 2.80. The van der Waals surface area contributed by atoms with Gasteiger partial charge in [-0.25, -0.2) is 8.42 Å². The van der Waals surface area contributed by atoms with Gasteiger partial charge < -0.3 is 14.4 Å². The Bertz CT molecular complexity index is 1120. The van der Waals surface area contributed by atoms with E-state index in [1.54, 1.807) is 49.5 Å². The van der Waals surface area contributed by atoms with Gasteiger partial charge in [-0.1, -0.05) is 13.0 Å². The van der Waals surface area contributed by atoms with Crippen molar-refractivity contribution in [2.24, 2.45) is 5.92 Å². The standard InChI is InChI=1S/C25H34N2O5S/c1-17-9-11-27(12-10-17)33(29,30)24-15-21(13-18(2)19(24)3)25(28)26(4)16-20-7-8-22(31-5)23(14-20)32-6/h7-8,13-15,17H,9-12,16H2,1-6H3. The van der Waals surface area contributed by atoms with Crippen molar-refractivity contribution in [1.82, 2.24) is 9.21 Å². The van der Waals surface area contributed by atoms with Crippen LogP contribution in [0, 0.1) is 19.8 Å². The number of amides is 1. The number of carbonyl (C=O) groups excluding carboxylic acids is 1. The predicted molar refractivity (Wildman–Crippen MR) is 128 cm³/mol. The Morgan fingerprint density at radius 1 is 1.06 bits per heavy atom. The monoisotopic (exact) mass is 474 g/mol. The van der Waals surface area contributed by atoms with Crippen LogP contribution in [0.25, 0.3) is 0 Å². The first-order valence-corrected chi connectivity index (χ1v) is 12.6. The number of hydrogen-bond donors (Lipinski definition) is 0. The molecule has 0 N–H and O–H groups in total. The Morgan fingerprint density at radius 3 is 2.30 bits per heavy atom. The van der Waals surface area contributed by atoms with E-state index in [4.69, 9.17) is 9.47 Å². The first kappa shape index (κ1) is 25.1. The van der Waals surface area contributed by atoms with Crippen LogP contribution in [-0.2, 0) is 16.6 Å². The van der Waals surface area contributed by atoms with E-state index in [2.05, 4.69) is 6.92 Å². The Hall–Kier alpha value is -2.58. The normalized spacial score (nSPS) is 15.3. The maximum absolute atomic E-state index is 13.4. The smallest absolute Gasteiger partial charge is 0.253 e. The molecule has 1 amide bonds. The number of methoxy groups -OCH3 is 2. The lowest BCUT2D eigenvalue weighted by molar-refractivity contribution is 0.0784. The van der Waals surface area contributed by atoms with Crippen molar-refractivity contribution >= 4 is 15.9 Å². The lowest BCUT2D eigenvalue weighted by Crippen LogP contribution is -2.38. The number of benzene rings is 2. The lowest BCUT2D eigenvalue weighted by atomic mass is 10.0. The fourth-order valence-corrected chi connectivity index (χ4v) is 5.92. The fourth-order valence-electron chi connectivity index (χ4n) is 4.13. The van der Waals surface area contributed by atoms with Gasteiger partial charge in [-0.3, -0.25) is 4.79 Å². The van der Waals surface area contributed by atoms with Gasteiger partial charge in [-0.2, -0.15) is 4.31 Å². The highest BCUT2D eigenvalue weighted by Gasteiger charge is 2.30. The molecule has 1 heterocycles. The van der Waals surface area contributed by atoms with E-state index in [1.807, 2.05) is 19.1 Å². The zero-order chi connectivity index (χ0) is 24.3. The summed E-state index contributed by atoms with van der Waals surface area (Å²) in [6.45, 7) is 7.16. The average molecular weight is 475 g/mol. The molecular weight excluding hydrogens is 440 g/mol. The van der Waals surface area contributed by atoms with Crippen LogP contribution in [0.3, 0.4) is 0 Å². The van der Waals surface area contributed by atoms with Crippen molar-refractivity contribution < 1.29 is 22.7 Å². The largest absolute Gasteiger partial charge is 0.493 e. The third-order valence-corrected chi connectivity index (χ3v) is 8.47. The number of aryl methyl sites for hydroxylation is 1. The molecule has 0 spiro atoms. The summed E-state index contributed by atoms with van der Waals surface area (Å²) >= 11 is 0. The Labute approximate surface area is 197 Å². The van der Waals surface area contributed by atoms with Crippen LogP contribution in [0.2, 0.25) is 0 Å². The summed E-state index contributed by atoms with van der Waals surface area (Å²) in [6.07, 6.45) is 1.70. The molecule has 8 heteroatoms. The highest BCUT2D eigenvalue weighted by molar-refractivity contribution is 7.89. The number of hydrogen-bond acceptors (Lipinski definition) is 5. The van der Waals surface area contributed by atoms with Crippen LogP contribution in [0.15, 0.2) is 35.2 Å². The van der Waals surface area contributed by atoms with Crippen LogP contribution in [-0.4, -0.2) is 57.9 Å². The van der Waals surface area contributed by atoms with Crippen LogP contribution in [0.4, 0.5) is 0 Å². The summed E-state index contributed by atoms with van der Waals surface area (Å²) in [7, 11) is 1.18. The van der Waals surface area contributed by atoms with Crippen molar-refractivity contribution in [2.45, 2.75) is 45.1 Å². The molecule has 2 aromatic rings. The maximum Gasteiger partial charge on any atom is 0.253 e.